The predicted octanol–water partition coefficient (Wildman–Crippen LogP) is 3.60. The predicted molar refractivity (Wildman–Crippen MR) is 93.0 cm³/mol. The molecule has 2 aromatic carbocycles. The Labute approximate surface area is 144 Å². The normalized spacial score (nSPS) is 10.2. The van der Waals surface area contributed by atoms with E-state index in [0.29, 0.717) is 15.7 Å². The van der Waals surface area contributed by atoms with E-state index in [1.165, 1.54) is 6.07 Å². The smallest absolute Gasteiger partial charge is 0.243 e. The van der Waals surface area contributed by atoms with Crippen molar-refractivity contribution in [3.05, 3.63) is 63.6 Å². The Kier molecular flexibility index (Phi) is 6.02. The molecule has 0 saturated heterocycles. The lowest BCUT2D eigenvalue weighted by Gasteiger charge is -2.09. The van der Waals surface area contributed by atoms with Gasteiger partial charge in [-0.25, -0.2) is 0 Å². The van der Waals surface area contributed by atoms with E-state index in [-0.39, 0.29) is 24.8 Å². The van der Waals surface area contributed by atoms with Crippen LogP contribution in [0.1, 0.15) is 11.1 Å². The molecule has 0 aromatic heterocycles. The number of carbonyl (C=O) groups excluding carboxylic acids is 2. The second-order valence-electron chi connectivity index (χ2n) is 5.05. The molecule has 0 fully saturated rings. The minimum Gasteiger partial charge on any atom is -0.347 e. The highest BCUT2D eigenvalue weighted by Crippen LogP contribution is 2.25. The lowest BCUT2D eigenvalue weighted by atomic mass is 10.1. The molecule has 0 unspecified atom stereocenters. The molecule has 0 aliphatic carbocycles. The molecule has 2 N–H and O–H groups in total. The fourth-order valence-corrected chi connectivity index (χ4v) is 2.46. The van der Waals surface area contributed by atoms with Gasteiger partial charge in [-0.1, -0.05) is 47.5 Å². The van der Waals surface area contributed by atoms with Crippen molar-refractivity contribution in [1.82, 2.24) is 5.32 Å². The van der Waals surface area contributed by atoms with Crippen LogP contribution in [0.2, 0.25) is 10.0 Å². The van der Waals surface area contributed by atoms with Crippen LogP contribution in [0.15, 0.2) is 42.5 Å². The Balaban J connectivity index is 1.84. The fraction of sp³-hybridized carbons (Fsp3) is 0.176. The number of hydrogen-bond donors (Lipinski definition) is 2. The molecule has 23 heavy (non-hydrogen) atoms. The summed E-state index contributed by atoms with van der Waals surface area (Å²) in [5, 5.41) is 6.04. The maximum absolute atomic E-state index is 11.9. The summed E-state index contributed by atoms with van der Waals surface area (Å²) in [5.74, 6) is -0.566. The highest BCUT2D eigenvalue weighted by Gasteiger charge is 2.09. The van der Waals surface area contributed by atoms with Crippen LogP contribution in [0.25, 0.3) is 0 Å². The monoisotopic (exact) mass is 350 g/mol. The molecular weight excluding hydrogens is 335 g/mol. The second-order valence-corrected chi connectivity index (χ2v) is 5.90. The van der Waals surface area contributed by atoms with E-state index in [1.54, 1.807) is 12.1 Å². The first-order valence-electron chi connectivity index (χ1n) is 7.02. The van der Waals surface area contributed by atoms with E-state index in [1.807, 2.05) is 31.2 Å². The topological polar surface area (TPSA) is 58.2 Å². The average Bonchev–Trinajstić information content (AvgIpc) is 2.50. The number of aryl methyl sites for hydroxylation is 1. The molecule has 120 valence electrons. The average molecular weight is 351 g/mol. The van der Waals surface area contributed by atoms with Gasteiger partial charge in [-0.05, 0) is 36.2 Å². The number of halogens is 2. The molecule has 0 heterocycles. The van der Waals surface area contributed by atoms with Crippen LogP contribution >= 0.6 is 23.2 Å². The molecule has 0 radical (unpaired) electrons. The van der Waals surface area contributed by atoms with E-state index in [4.69, 9.17) is 23.2 Å². The van der Waals surface area contributed by atoms with Gasteiger partial charge >= 0.3 is 0 Å². The van der Waals surface area contributed by atoms with E-state index < -0.39 is 0 Å². The standard InChI is InChI=1S/C17H16Cl2N2O2/c1-11-4-2-3-5-12(11)8-16(22)20-10-17(23)21-15-7-6-13(18)9-14(15)19/h2-7,9H,8,10H2,1H3,(H,20,22)(H,21,23). The zero-order valence-electron chi connectivity index (χ0n) is 12.5. The number of nitrogens with one attached hydrogen (secondary N) is 2. The van der Waals surface area contributed by atoms with Crippen LogP contribution in [0.4, 0.5) is 5.69 Å². The molecule has 0 aliphatic rings. The first-order chi connectivity index (χ1) is 11.0. The summed E-state index contributed by atoms with van der Waals surface area (Å²) >= 11 is 11.8. The summed E-state index contributed by atoms with van der Waals surface area (Å²) in [7, 11) is 0. The first-order valence-corrected chi connectivity index (χ1v) is 7.77. The summed E-state index contributed by atoms with van der Waals surface area (Å²) in [6.45, 7) is 1.82. The van der Waals surface area contributed by atoms with Gasteiger partial charge in [0.2, 0.25) is 11.8 Å². The van der Waals surface area contributed by atoms with Crippen molar-refractivity contribution in [2.24, 2.45) is 0 Å². The van der Waals surface area contributed by atoms with Gasteiger partial charge in [0.05, 0.1) is 23.7 Å². The molecular formula is C17H16Cl2N2O2. The van der Waals surface area contributed by atoms with Crippen molar-refractivity contribution >= 4 is 40.7 Å². The van der Waals surface area contributed by atoms with E-state index in [2.05, 4.69) is 10.6 Å². The number of hydrogen-bond acceptors (Lipinski definition) is 2. The van der Waals surface area contributed by atoms with Gasteiger partial charge in [-0.2, -0.15) is 0 Å². The minimum absolute atomic E-state index is 0.121. The Morgan fingerprint density at radius 3 is 2.48 bits per heavy atom. The van der Waals surface area contributed by atoms with Crippen LogP contribution in [0.5, 0.6) is 0 Å². The van der Waals surface area contributed by atoms with Gasteiger partial charge in [0, 0.05) is 5.02 Å². The van der Waals surface area contributed by atoms with Crippen LogP contribution in [-0.4, -0.2) is 18.4 Å². The number of rotatable bonds is 5. The van der Waals surface area contributed by atoms with Crippen LogP contribution < -0.4 is 10.6 Å². The zero-order chi connectivity index (χ0) is 16.8. The van der Waals surface area contributed by atoms with Crippen LogP contribution in [-0.2, 0) is 16.0 Å². The van der Waals surface area contributed by atoms with E-state index >= 15 is 0 Å². The fourth-order valence-electron chi connectivity index (χ4n) is 2.01. The number of benzene rings is 2. The van der Waals surface area contributed by atoms with Gasteiger partial charge in [-0.15, -0.1) is 0 Å². The van der Waals surface area contributed by atoms with Crippen molar-refractivity contribution in [1.29, 1.82) is 0 Å². The third kappa shape index (κ3) is 5.27. The molecule has 4 nitrogen and oxygen atoms in total. The van der Waals surface area contributed by atoms with Crippen LogP contribution in [0, 0.1) is 6.92 Å². The van der Waals surface area contributed by atoms with Crippen molar-refractivity contribution in [3.63, 3.8) is 0 Å². The SMILES string of the molecule is Cc1ccccc1CC(=O)NCC(=O)Nc1ccc(Cl)cc1Cl. The summed E-state index contributed by atoms with van der Waals surface area (Å²) in [5.41, 5.74) is 2.43. The van der Waals surface area contributed by atoms with E-state index in [9.17, 15) is 9.59 Å². The molecule has 0 spiro atoms. The maximum atomic E-state index is 11.9. The zero-order valence-corrected chi connectivity index (χ0v) is 14.0. The van der Waals surface area contributed by atoms with Gasteiger partial charge in [-0.3, -0.25) is 9.59 Å². The molecule has 2 aromatic rings. The van der Waals surface area contributed by atoms with Gasteiger partial charge in [0.15, 0.2) is 0 Å². The van der Waals surface area contributed by atoms with Gasteiger partial charge in [0.1, 0.15) is 0 Å². The highest BCUT2D eigenvalue weighted by atomic mass is 35.5. The minimum atomic E-state index is -0.354. The highest BCUT2D eigenvalue weighted by molar-refractivity contribution is 6.36. The molecule has 0 aliphatic heterocycles. The summed E-state index contributed by atoms with van der Waals surface area (Å²) in [4.78, 5) is 23.8. The quantitative estimate of drug-likeness (QED) is 0.865. The van der Waals surface area contributed by atoms with Crippen molar-refractivity contribution in [2.45, 2.75) is 13.3 Å². The number of amides is 2. The van der Waals surface area contributed by atoms with E-state index in [0.717, 1.165) is 11.1 Å². The Hall–Kier alpha value is -2.04. The van der Waals surface area contributed by atoms with Crippen molar-refractivity contribution in [2.75, 3.05) is 11.9 Å². The lowest BCUT2D eigenvalue weighted by Crippen LogP contribution is -2.33. The van der Waals surface area contributed by atoms with Gasteiger partial charge < -0.3 is 10.6 Å². The Morgan fingerprint density at radius 1 is 1.04 bits per heavy atom. The largest absolute Gasteiger partial charge is 0.347 e. The molecule has 0 atom stereocenters. The third-order valence-corrected chi connectivity index (χ3v) is 3.81. The van der Waals surface area contributed by atoms with Gasteiger partial charge in [0.25, 0.3) is 0 Å². The summed E-state index contributed by atoms with van der Waals surface area (Å²) in [6, 6.07) is 12.4. The molecule has 2 rings (SSSR count). The Morgan fingerprint density at radius 2 is 1.78 bits per heavy atom. The first kappa shape index (κ1) is 17.3. The van der Waals surface area contributed by atoms with Crippen molar-refractivity contribution in [3.8, 4) is 0 Å². The molecule has 0 saturated carbocycles. The second kappa shape index (κ2) is 7.99. The summed E-state index contributed by atoms with van der Waals surface area (Å²) < 4.78 is 0. The molecule has 6 heteroatoms. The number of anilines is 1. The van der Waals surface area contributed by atoms with Crippen molar-refractivity contribution < 1.29 is 9.59 Å². The maximum Gasteiger partial charge on any atom is 0.243 e. The lowest BCUT2D eigenvalue weighted by molar-refractivity contribution is -0.123. The Bertz CT molecular complexity index is 732. The molecule has 0 bridgehead atoms. The number of carbonyl (C=O) groups is 2. The molecule has 2 amide bonds. The third-order valence-electron chi connectivity index (χ3n) is 3.26. The van der Waals surface area contributed by atoms with Crippen LogP contribution in [0.3, 0.4) is 0 Å². The summed E-state index contributed by atoms with van der Waals surface area (Å²) in [6.07, 6.45) is 0.238.